The van der Waals surface area contributed by atoms with Crippen LogP contribution in [0.1, 0.15) is 33.5 Å². The molecule has 0 radical (unpaired) electrons. The van der Waals surface area contributed by atoms with Crippen molar-refractivity contribution in [3.05, 3.63) is 99.9 Å². The van der Waals surface area contributed by atoms with Crippen molar-refractivity contribution in [1.82, 2.24) is 15.2 Å². The number of furan rings is 1. The molecule has 1 amide bonds. The van der Waals surface area contributed by atoms with E-state index >= 15 is 0 Å². The lowest BCUT2D eigenvalue weighted by atomic mass is 9.96. The van der Waals surface area contributed by atoms with Gasteiger partial charge in [-0.3, -0.25) is 19.5 Å². The molecule has 176 valence electrons. The fourth-order valence-electron chi connectivity index (χ4n) is 3.69. The van der Waals surface area contributed by atoms with E-state index in [4.69, 9.17) is 16.0 Å². The first-order chi connectivity index (χ1) is 16.9. The van der Waals surface area contributed by atoms with Gasteiger partial charge < -0.3 is 9.52 Å². The van der Waals surface area contributed by atoms with E-state index < -0.39 is 23.5 Å². The van der Waals surface area contributed by atoms with E-state index in [1.165, 1.54) is 40.3 Å². The molecule has 1 N–H and O–H groups in total. The molecule has 0 fully saturated rings. The van der Waals surface area contributed by atoms with Crippen LogP contribution in [0.5, 0.6) is 0 Å². The van der Waals surface area contributed by atoms with Crippen LogP contribution in [0.15, 0.2) is 81.0 Å². The monoisotopic (exact) mass is 524 g/mol. The number of aliphatic hydroxyl groups excluding tert-OH is 1. The van der Waals surface area contributed by atoms with Gasteiger partial charge in [0.25, 0.3) is 5.91 Å². The summed E-state index contributed by atoms with van der Waals surface area (Å²) in [4.78, 5) is 31.9. The maximum atomic E-state index is 13.3. The van der Waals surface area contributed by atoms with E-state index in [0.717, 1.165) is 5.56 Å². The normalized spacial score (nSPS) is 15.8. The van der Waals surface area contributed by atoms with Gasteiger partial charge in [0.2, 0.25) is 10.9 Å². The van der Waals surface area contributed by atoms with Crippen molar-refractivity contribution < 1.29 is 19.1 Å². The van der Waals surface area contributed by atoms with Crippen molar-refractivity contribution in [2.75, 3.05) is 4.90 Å². The zero-order valence-electron chi connectivity index (χ0n) is 18.2. The molecule has 35 heavy (non-hydrogen) atoms. The number of Topliss-reactive ketones (excluding diaryl/α,β-unsaturated/α-hetero) is 1. The van der Waals surface area contributed by atoms with Gasteiger partial charge in [0.15, 0.2) is 15.9 Å². The number of hydrogen-bond acceptors (Lipinski definition) is 9. The number of aryl methyl sites for hydroxylation is 1. The third kappa shape index (κ3) is 4.47. The summed E-state index contributed by atoms with van der Waals surface area (Å²) in [5.74, 6) is -0.849. The molecule has 0 spiro atoms. The molecule has 4 heterocycles. The molecule has 0 bridgehead atoms. The summed E-state index contributed by atoms with van der Waals surface area (Å²) in [6.45, 7) is 1.71. The minimum Gasteiger partial charge on any atom is -0.503 e. The van der Waals surface area contributed by atoms with Crippen LogP contribution >= 0.6 is 34.7 Å². The third-order valence-corrected chi connectivity index (χ3v) is 7.80. The number of amides is 1. The SMILES string of the molecule is Cc1ccc(C(=O)C2=C(O)C(=O)N(c3nnc(SCc4ccccc4Cl)s3)C2c2cccnc2)o1. The first kappa shape index (κ1) is 23.3. The fourth-order valence-corrected chi connectivity index (χ4v) is 5.84. The van der Waals surface area contributed by atoms with E-state index in [9.17, 15) is 14.7 Å². The van der Waals surface area contributed by atoms with Gasteiger partial charge in [0, 0.05) is 23.2 Å². The Morgan fingerprint density at radius 2 is 2.03 bits per heavy atom. The number of ketones is 1. The number of pyridine rings is 1. The molecular formula is C24H17ClN4O4S2. The van der Waals surface area contributed by atoms with Gasteiger partial charge >= 0.3 is 0 Å². The highest BCUT2D eigenvalue weighted by Gasteiger charge is 2.46. The number of nitrogens with zero attached hydrogens (tertiary/aromatic N) is 4. The summed E-state index contributed by atoms with van der Waals surface area (Å²) in [7, 11) is 0. The number of rotatable bonds is 7. The average Bonchev–Trinajstić information content (AvgIpc) is 3.57. The highest BCUT2D eigenvalue weighted by molar-refractivity contribution is 8.00. The highest BCUT2D eigenvalue weighted by atomic mass is 35.5. The number of anilines is 1. The number of carbonyl (C=O) groups excluding carboxylic acids is 2. The molecule has 11 heteroatoms. The predicted molar refractivity (Wildman–Crippen MR) is 133 cm³/mol. The van der Waals surface area contributed by atoms with Crippen LogP contribution < -0.4 is 4.90 Å². The smallest absolute Gasteiger partial charge is 0.296 e. The van der Waals surface area contributed by atoms with Crippen LogP contribution in [0.4, 0.5) is 5.13 Å². The Labute approximate surface area is 213 Å². The number of aliphatic hydroxyl groups is 1. The van der Waals surface area contributed by atoms with Crippen molar-refractivity contribution in [2.45, 2.75) is 23.1 Å². The Bertz CT molecular complexity index is 1450. The predicted octanol–water partition coefficient (Wildman–Crippen LogP) is 5.56. The van der Waals surface area contributed by atoms with E-state index in [-0.39, 0.29) is 16.5 Å². The second kappa shape index (κ2) is 9.65. The molecule has 5 rings (SSSR count). The number of thioether (sulfide) groups is 1. The minimum atomic E-state index is -0.941. The Balaban J connectivity index is 1.48. The summed E-state index contributed by atoms with van der Waals surface area (Å²) in [5, 5.41) is 20.1. The van der Waals surface area contributed by atoms with E-state index in [1.807, 2.05) is 24.3 Å². The summed E-state index contributed by atoms with van der Waals surface area (Å²) >= 11 is 8.85. The maximum Gasteiger partial charge on any atom is 0.296 e. The van der Waals surface area contributed by atoms with Gasteiger partial charge in [-0.1, -0.05) is 59.0 Å². The van der Waals surface area contributed by atoms with Gasteiger partial charge in [-0.15, -0.1) is 10.2 Å². The molecule has 0 saturated heterocycles. The molecule has 1 aromatic carbocycles. The summed E-state index contributed by atoms with van der Waals surface area (Å²) in [5.41, 5.74) is 1.39. The van der Waals surface area contributed by atoms with Crippen molar-refractivity contribution in [3.63, 3.8) is 0 Å². The first-order valence-electron chi connectivity index (χ1n) is 10.4. The Hall–Kier alpha value is -3.47. The standard InChI is InChI=1S/C24H17ClN4O4S2/c1-13-8-9-17(33-13)20(30)18-19(14-6-4-10-26-11-14)29(22(32)21(18)31)23-27-28-24(35-23)34-12-15-5-2-3-7-16(15)25/h2-11,19,31H,12H2,1H3. The molecule has 1 atom stereocenters. The van der Waals surface area contributed by atoms with E-state index in [2.05, 4.69) is 15.2 Å². The average molecular weight is 525 g/mol. The highest BCUT2D eigenvalue weighted by Crippen LogP contribution is 2.43. The van der Waals surface area contributed by atoms with Gasteiger partial charge in [-0.05, 0) is 42.3 Å². The number of hydrogen-bond donors (Lipinski definition) is 1. The summed E-state index contributed by atoms with van der Waals surface area (Å²) in [6.07, 6.45) is 3.12. The Morgan fingerprint density at radius 3 is 2.74 bits per heavy atom. The third-order valence-electron chi connectivity index (χ3n) is 5.33. The van der Waals surface area contributed by atoms with Gasteiger partial charge in [0.05, 0.1) is 11.6 Å². The summed E-state index contributed by atoms with van der Waals surface area (Å²) in [6, 6.07) is 13.1. The first-order valence-corrected chi connectivity index (χ1v) is 12.6. The molecule has 8 nitrogen and oxygen atoms in total. The largest absolute Gasteiger partial charge is 0.503 e. The zero-order chi connectivity index (χ0) is 24.5. The Morgan fingerprint density at radius 1 is 1.20 bits per heavy atom. The van der Waals surface area contributed by atoms with Crippen molar-refractivity contribution in [2.24, 2.45) is 0 Å². The molecular weight excluding hydrogens is 508 g/mol. The van der Waals surface area contributed by atoms with Crippen molar-refractivity contribution in [3.8, 4) is 0 Å². The van der Waals surface area contributed by atoms with Gasteiger partial charge in [-0.25, -0.2) is 0 Å². The Kier molecular flexibility index (Phi) is 6.42. The van der Waals surface area contributed by atoms with Crippen LogP contribution in [0.25, 0.3) is 0 Å². The minimum absolute atomic E-state index is 0.0286. The van der Waals surface area contributed by atoms with Crippen molar-refractivity contribution in [1.29, 1.82) is 0 Å². The number of carbonyl (C=O) groups is 2. The molecule has 4 aromatic rings. The topological polar surface area (TPSA) is 109 Å². The maximum absolute atomic E-state index is 13.3. The molecule has 0 aliphatic carbocycles. The summed E-state index contributed by atoms with van der Waals surface area (Å²) < 4.78 is 6.08. The fraction of sp³-hybridized carbons (Fsp3) is 0.125. The molecule has 1 aliphatic rings. The lowest BCUT2D eigenvalue weighted by Crippen LogP contribution is -2.31. The van der Waals surface area contributed by atoms with E-state index in [1.54, 1.807) is 31.3 Å². The molecule has 1 unspecified atom stereocenters. The molecule has 0 saturated carbocycles. The quantitative estimate of drug-likeness (QED) is 0.190. The van der Waals surface area contributed by atoms with E-state index in [0.29, 0.717) is 26.4 Å². The van der Waals surface area contributed by atoms with Crippen LogP contribution in [0.3, 0.4) is 0 Å². The van der Waals surface area contributed by atoms with Crippen LogP contribution in [0, 0.1) is 6.92 Å². The lowest BCUT2D eigenvalue weighted by molar-refractivity contribution is -0.117. The second-order valence-corrected chi connectivity index (χ2v) is 10.2. The number of halogens is 1. The number of aromatic nitrogens is 3. The van der Waals surface area contributed by atoms with Gasteiger partial charge in [0.1, 0.15) is 5.76 Å². The van der Waals surface area contributed by atoms with Crippen molar-refractivity contribution >= 4 is 51.5 Å². The van der Waals surface area contributed by atoms with Gasteiger partial charge in [-0.2, -0.15) is 0 Å². The molecule has 1 aliphatic heterocycles. The molecule has 3 aromatic heterocycles. The van der Waals surface area contributed by atoms with Crippen LogP contribution in [-0.4, -0.2) is 32.0 Å². The second-order valence-electron chi connectivity index (χ2n) is 7.60. The zero-order valence-corrected chi connectivity index (χ0v) is 20.6. The van der Waals surface area contributed by atoms with Crippen LogP contribution in [-0.2, 0) is 10.5 Å². The lowest BCUT2D eigenvalue weighted by Gasteiger charge is -2.23. The van der Waals surface area contributed by atoms with Crippen LogP contribution in [0.2, 0.25) is 5.02 Å². The number of benzene rings is 1.